The van der Waals surface area contributed by atoms with Gasteiger partial charge in [0.1, 0.15) is 17.1 Å². The highest BCUT2D eigenvalue weighted by atomic mass is 16.5. The van der Waals surface area contributed by atoms with Crippen LogP contribution in [0.2, 0.25) is 0 Å². The third-order valence-electron chi connectivity index (χ3n) is 4.78. The number of methoxy groups -OCH3 is 1. The Morgan fingerprint density at radius 2 is 2.00 bits per heavy atom. The molecule has 1 saturated heterocycles. The molecule has 23 heavy (non-hydrogen) atoms. The van der Waals surface area contributed by atoms with Gasteiger partial charge < -0.3 is 14.4 Å². The number of likely N-dealkylation sites (tertiary alicyclic amines) is 1. The van der Waals surface area contributed by atoms with E-state index in [9.17, 15) is 9.59 Å². The first kappa shape index (κ1) is 15.8. The van der Waals surface area contributed by atoms with E-state index in [1.165, 1.54) is 0 Å². The molecule has 0 unspecified atom stereocenters. The fraction of sp³-hybridized carbons (Fsp3) is 0.556. The molecule has 3 rings (SSSR count). The lowest BCUT2D eigenvalue weighted by Gasteiger charge is -2.44. The maximum absolute atomic E-state index is 12.5. The highest BCUT2D eigenvalue weighted by Gasteiger charge is 2.43. The van der Waals surface area contributed by atoms with E-state index in [2.05, 4.69) is 0 Å². The Bertz CT molecular complexity index is 630. The summed E-state index contributed by atoms with van der Waals surface area (Å²) in [5, 5.41) is 0. The number of ketones is 1. The lowest BCUT2D eigenvalue weighted by molar-refractivity contribution is -0.138. The number of nitrogens with zero attached hydrogens (tertiary/aromatic N) is 1. The van der Waals surface area contributed by atoms with Crippen LogP contribution in [0.1, 0.15) is 43.5 Å². The average molecular weight is 317 g/mol. The minimum absolute atomic E-state index is 0.00273. The van der Waals surface area contributed by atoms with Crippen molar-refractivity contribution < 1.29 is 19.1 Å². The number of piperidine rings is 1. The van der Waals surface area contributed by atoms with Gasteiger partial charge in [-0.15, -0.1) is 0 Å². The number of amides is 1. The Morgan fingerprint density at radius 3 is 2.61 bits per heavy atom. The second-order valence-corrected chi connectivity index (χ2v) is 6.73. The van der Waals surface area contributed by atoms with Crippen molar-refractivity contribution in [2.45, 2.75) is 38.7 Å². The second kappa shape index (κ2) is 5.87. The van der Waals surface area contributed by atoms with Gasteiger partial charge in [-0.1, -0.05) is 13.8 Å². The summed E-state index contributed by atoms with van der Waals surface area (Å²) in [5.41, 5.74) is 0.140. The van der Waals surface area contributed by atoms with Crippen LogP contribution in [0.4, 0.5) is 0 Å². The number of hydrogen-bond acceptors (Lipinski definition) is 4. The molecule has 124 valence electrons. The maximum Gasteiger partial charge on any atom is 0.225 e. The van der Waals surface area contributed by atoms with Crippen LogP contribution in [0.3, 0.4) is 0 Å². The van der Waals surface area contributed by atoms with E-state index >= 15 is 0 Å². The first-order valence-electron chi connectivity index (χ1n) is 8.13. The smallest absolute Gasteiger partial charge is 0.225 e. The summed E-state index contributed by atoms with van der Waals surface area (Å²) in [5.74, 6) is 1.56. The largest absolute Gasteiger partial charge is 0.497 e. The molecule has 1 aromatic rings. The van der Waals surface area contributed by atoms with Crippen LogP contribution in [-0.2, 0) is 4.79 Å². The lowest BCUT2D eigenvalue weighted by Crippen LogP contribution is -2.52. The minimum atomic E-state index is -0.482. The van der Waals surface area contributed by atoms with Crippen molar-refractivity contribution in [1.82, 2.24) is 4.90 Å². The molecule has 0 bridgehead atoms. The molecule has 0 N–H and O–H groups in total. The predicted molar refractivity (Wildman–Crippen MR) is 86.0 cm³/mol. The van der Waals surface area contributed by atoms with Crippen LogP contribution in [0, 0.1) is 5.92 Å². The molecule has 5 nitrogen and oxygen atoms in total. The Hall–Kier alpha value is -2.04. The van der Waals surface area contributed by atoms with E-state index in [1.807, 2.05) is 18.7 Å². The second-order valence-electron chi connectivity index (χ2n) is 6.73. The number of carbonyl (C=O) groups is 2. The van der Waals surface area contributed by atoms with Crippen molar-refractivity contribution in [3.05, 3.63) is 23.8 Å². The molecule has 1 amide bonds. The third-order valence-corrected chi connectivity index (χ3v) is 4.78. The molecule has 0 radical (unpaired) electrons. The molecular formula is C18H23NO4. The van der Waals surface area contributed by atoms with Gasteiger partial charge in [0, 0.05) is 37.9 Å². The molecule has 5 heteroatoms. The minimum Gasteiger partial charge on any atom is -0.497 e. The Balaban J connectivity index is 1.78. The van der Waals surface area contributed by atoms with Crippen LogP contribution in [0.25, 0.3) is 0 Å². The molecule has 2 heterocycles. The van der Waals surface area contributed by atoms with Gasteiger partial charge in [-0.3, -0.25) is 9.59 Å². The Morgan fingerprint density at radius 1 is 1.30 bits per heavy atom. The summed E-state index contributed by atoms with van der Waals surface area (Å²) in [7, 11) is 1.60. The van der Waals surface area contributed by atoms with Crippen LogP contribution in [-0.4, -0.2) is 42.4 Å². The van der Waals surface area contributed by atoms with Crippen LogP contribution >= 0.6 is 0 Å². The zero-order valence-electron chi connectivity index (χ0n) is 13.9. The highest BCUT2D eigenvalue weighted by Crippen LogP contribution is 2.40. The molecule has 1 spiro atoms. The van der Waals surface area contributed by atoms with Crippen molar-refractivity contribution in [1.29, 1.82) is 0 Å². The van der Waals surface area contributed by atoms with Gasteiger partial charge in [0.15, 0.2) is 5.78 Å². The highest BCUT2D eigenvalue weighted by molar-refractivity contribution is 6.00. The number of ether oxygens (including phenoxy) is 2. The predicted octanol–water partition coefficient (Wildman–Crippen LogP) is 2.68. The number of hydrogen-bond donors (Lipinski definition) is 0. The van der Waals surface area contributed by atoms with E-state index in [4.69, 9.17) is 9.47 Å². The van der Waals surface area contributed by atoms with E-state index in [-0.39, 0.29) is 17.6 Å². The zero-order chi connectivity index (χ0) is 16.6. The van der Waals surface area contributed by atoms with Gasteiger partial charge >= 0.3 is 0 Å². The first-order chi connectivity index (χ1) is 10.9. The molecule has 0 aromatic heterocycles. The van der Waals surface area contributed by atoms with Crippen LogP contribution < -0.4 is 9.47 Å². The first-order valence-corrected chi connectivity index (χ1v) is 8.13. The third kappa shape index (κ3) is 2.92. The fourth-order valence-corrected chi connectivity index (χ4v) is 3.38. The maximum atomic E-state index is 12.5. The Kier molecular flexibility index (Phi) is 4.04. The number of Topliss-reactive ketones (excluding diaryl/α,β-unsaturated/α-hetero) is 1. The zero-order valence-corrected chi connectivity index (χ0v) is 13.9. The molecule has 1 fully saturated rings. The molecule has 0 saturated carbocycles. The molecule has 1 aromatic carbocycles. The molecule has 2 aliphatic rings. The van der Waals surface area contributed by atoms with E-state index in [0.717, 1.165) is 0 Å². The molecule has 0 aliphatic carbocycles. The Labute approximate surface area is 136 Å². The van der Waals surface area contributed by atoms with E-state index in [0.29, 0.717) is 49.4 Å². The van der Waals surface area contributed by atoms with E-state index < -0.39 is 5.60 Å². The van der Waals surface area contributed by atoms with Gasteiger partial charge in [0.05, 0.1) is 19.1 Å². The van der Waals surface area contributed by atoms with Crippen molar-refractivity contribution in [3.8, 4) is 11.5 Å². The summed E-state index contributed by atoms with van der Waals surface area (Å²) < 4.78 is 11.4. The monoisotopic (exact) mass is 317 g/mol. The quantitative estimate of drug-likeness (QED) is 0.841. The van der Waals surface area contributed by atoms with Gasteiger partial charge in [0.2, 0.25) is 5.91 Å². The molecule has 2 aliphatic heterocycles. The van der Waals surface area contributed by atoms with Gasteiger partial charge in [-0.25, -0.2) is 0 Å². The number of carbonyl (C=O) groups excluding carboxylic acids is 2. The number of benzene rings is 1. The normalized spacial score (nSPS) is 19.5. The summed E-state index contributed by atoms with van der Waals surface area (Å²) >= 11 is 0. The molecule has 0 atom stereocenters. The molecular weight excluding hydrogens is 294 g/mol. The topological polar surface area (TPSA) is 55.8 Å². The van der Waals surface area contributed by atoms with Gasteiger partial charge in [0.25, 0.3) is 0 Å². The summed E-state index contributed by atoms with van der Waals surface area (Å²) in [6, 6.07) is 5.32. The van der Waals surface area contributed by atoms with Gasteiger partial charge in [-0.2, -0.15) is 0 Å². The van der Waals surface area contributed by atoms with Crippen LogP contribution in [0.5, 0.6) is 11.5 Å². The number of rotatable bonds is 2. The van der Waals surface area contributed by atoms with Crippen molar-refractivity contribution >= 4 is 11.7 Å². The fourth-order valence-electron chi connectivity index (χ4n) is 3.38. The number of fused-ring (bicyclic) bond motifs is 1. The summed E-state index contributed by atoms with van der Waals surface area (Å²) in [4.78, 5) is 26.5. The van der Waals surface area contributed by atoms with E-state index in [1.54, 1.807) is 25.3 Å². The van der Waals surface area contributed by atoms with Crippen molar-refractivity contribution in [2.24, 2.45) is 5.92 Å². The average Bonchev–Trinajstić information content (AvgIpc) is 2.54. The summed E-state index contributed by atoms with van der Waals surface area (Å²) in [6.07, 6.45) is 1.76. The summed E-state index contributed by atoms with van der Waals surface area (Å²) in [6.45, 7) is 5.11. The SMILES string of the molecule is COc1ccc2c(c1)OC1(CCN(C(=O)C(C)C)CC1)CC2=O. The standard InChI is InChI=1S/C18H23NO4/c1-12(2)17(21)19-8-6-18(7-9-19)11-15(20)14-5-4-13(22-3)10-16(14)23-18/h4-5,10,12H,6-9,11H2,1-3H3. The van der Waals surface area contributed by atoms with Crippen LogP contribution in [0.15, 0.2) is 18.2 Å². The van der Waals surface area contributed by atoms with Gasteiger partial charge in [-0.05, 0) is 12.1 Å². The lowest BCUT2D eigenvalue weighted by atomic mass is 9.82. The van der Waals surface area contributed by atoms with Crippen molar-refractivity contribution in [2.75, 3.05) is 20.2 Å². The van der Waals surface area contributed by atoms with Crippen molar-refractivity contribution in [3.63, 3.8) is 0 Å².